The number of hydrogen-bond acceptors (Lipinski definition) is 1. The van der Waals surface area contributed by atoms with Crippen LogP contribution in [0, 0.1) is 0 Å². The van der Waals surface area contributed by atoms with Crippen LogP contribution < -0.4 is 0 Å². The first-order valence-corrected chi connectivity index (χ1v) is 6.13. The van der Waals surface area contributed by atoms with E-state index in [1.807, 2.05) is 0 Å². The van der Waals surface area contributed by atoms with Crippen LogP contribution in [-0.2, 0) is 0 Å². The molecule has 2 aromatic carbocycles. The highest BCUT2D eigenvalue weighted by Crippen LogP contribution is 2.38. The van der Waals surface area contributed by atoms with Crippen molar-refractivity contribution in [1.29, 1.82) is 0 Å². The van der Waals surface area contributed by atoms with Crippen LogP contribution in [0.4, 0.5) is 0 Å². The number of benzene rings is 2. The normalized spacial score (nSPS) is 10.6. The van der Waals surface area contributed by atoms with Crippen molar-refractivity contribution in [3.8, 4) is 16.9 Å². The maximum Gasteiger partial charge on any atom is 0.152 e. The van der Waals surface area contributed by atoms with Gasteiger partial charge in [0.15, 0.2) is 5.75 Å². The predicted molar refractivity (Wildman–Crippen MR) is 73.6 cm³/mol. The van der Waals surface area contributed by atoms with Crippen molar-refractivity contribution in [3.63, 3.8) is 0 Å². The molecule has 0 aliphatic rings. The summed E-state index contributed by atoms with van der Waals surface area (Å²) in [5.74, 6) is -0.137. The minimum atomic E-state index is -0.137. The van der Waals surface area contributed by atoms with Gasteiger partial charge in [0.1, 0.15) is 0 Å². The molecule has 0 aliphatic carbocycles. The molecule has 17 heavy (non-hydrogen) atoms. The zero-order valence-corrected chi connectivity index (χ0v) is 11.4. The Bertz CT molecular complexity index is 558. The zero-order chi connectivity index (χ0) is 12.6. The Morgan fingerprint density at radius 2 is 1.35 bits per heavy atom. The summed E-state index contributed by atoms with van der Waals surface area (Å²) in [7, 11) is 0. The maximum atomic E-state index is 9.47. The fourth-order valence-electron chi connectivity index (χ4n) is 1.44. The molecule has 2 aromatic rings. The van der Waals surface area contributed by atoms with Crippen LogP contribution in [0.2, 0.25) is 20.1 Å². The van der Waals surface area contributed by atoms with Crippen LogP contribution in [0.1, 0.15) is 0 Å². The molecule has 1 nitrogen and oxygen atoms in total. The van der Waals surface area contributed by atoms with Gasteiger partial charge in [0.25, 0.3) is 0 Å². The second-order valence-electron chi connectivity index (χ2n) is 3.41. The van der Waals surface area contributed by atoms with E-state index >= 15 is 0 Å². The quantitative estimate of drug-likeness (QED) is 0.719. The van der Waals surface area contributed by atoms with Crippen LogP contribution in [-0.4, -0.2) is 5.11 Å². The number of phenolic OH excluding ortho intramolecular Hbond substituents is 1. The van der Waals surface area contributed by atoms with Gasteiger partial charge in [0, 0.05) is 15.6 Å². The van der Waals surface area contributed by atoms with Crippen molar-refractivity contribution in [2.75, 3.05) is 0 Å². The van der Waals surface area contributed by atoms with Crippen LogP contribution in [0.15, 0.2) is 30.3 Å². The van der Waals surface area contributed by atoms with Crippen molar-refractivity contribution in [2.24, 2.45) is 0 Å². The molecule has 0 fully saturated rings. The third-order valence-electron chi connectivity index (χ3n) is 2.26. The smallest absolute Gasteiger partial charge is 0.152 e. The molecule has 0 heterocycles. The molecular weight excluding hydrogens is 302 g/mol. The number of hydrogen-bond donors (Lipinski definition) is 1. The van der Waals surface area contributed by atoms with Crippen molar-refractivity contribution < 1.29 is 5.11 Å². The highest BCUT2D eigenvalue weighted by Gasteiger charge is 2.10. The number of aromatic hydroxyl groups is 1. The Labute approximate surface area is 118 Å². The first kappa shape index (κ1) is 12.8. The highest BCUT2D eigenvalue weighted by atomic mass is 35.5. The lowest BCUT2D eigenvalue weighted by atomic mass is 10.1. The summed E-state index contributed by atoms with van der Waals surface area (Å²) in [6.07, 6.45) is 0. The summed E-state index contributed by atoms with van der Waals surface area (Å²) in [6, 6.07) is 8.31. The molecule has 0 atom stereocenters. The Morgan fingerprint density at radius 3 is 1.88 bits per heavy atom. The average Bonchev–Trinajstić information content (AvgIpc) is 2.25. The maximum absolute atomic E-state index is 9.47. The number of rotatable bonds is 1. The summed E-state index contributed by atoms with van der Waals surface area (Å²) < 4.78 is 0. The summed E-state index contributed by atoms with van der Waals surface area (Å²) in [5.41, 5.74) is 1.47. The second kappa shape index (κ2) is 4.95. The van der Waals surface area contributed by atoms with Gasteiger partial charge in [-0.05, 0) is 29.8 Å². The minimum absolute atomic E-state index is 0.137. The molecular formula is C12H6Cl4O. The van der Waals surface area contributed by atoms with E-state index in [9.17, 15) is 5.11 Å². The van der Waals surface area contributed by atoms with E-state index < -0.39 is 0 Å². The lowest BCUT2D eigenvalue weighted by Gasteiger charge is -2.08. The van der Waals surface area contributed by atoms with Gasteiger partial charge in [-0.15, -0.1) is 0 Å². The van der Waals surface area contributed by atoms with Crippen LogP contribution in [0.3, 0.4) is 0 Å². The third kappa shape index (κ3) is 2.63. The minimum Gasteiger partial charge on any atom is -0.505 e. The SMILES string of the molecule is Oc1c(Cl)cc(-c2ccc(Cl)cc2Cl)cc1Cl. The lowest BCUT2D eigenvalue weighted by Crippen LogP contribution is -1.82. The molecule has 0 radical (unpaired) electrons. The molecule has 0 saturated carbocycles. The fraction of sp³-hybridized carbons (Fsp3) is 0. The first-order chi connectivity index (χ1) is 7.99. The Morgan fingerprint density at radius 1 is 0.765 bits per heavy atom. The molecule has 0 spiro atoms. The molecule has 0 bridgehead atoms. The molecule has 1 N–H and O–H groups in total. The molecule has 88 valence electrons. The van der Waals surface area contributed by atoms with Crippen LogP contribution >= 0.6 is 46.4 Å². The molecule has 2 rings (SSSR count). The van der Waals surface area contributed by atoms with Gasteiger partial charge in [-0.25, -0.2) is 0 Å². The van der Waals surface area contributed by atoms with E-state index in [1.54, 1.807) is 30.3 Å². The van der Waals surface area contributed by atoms with E-state index in [1.165, 1.54) is 0 Å². The Balaban J connectivity index is 2.61. The molecule has 0 aliphatic heterocycles. The molecule has 0 saturated heterocycles. The van der Waals surface area contributed by atoms with Gasteiger partial charge in [-0.3, -0.25) is 0 Å². The van der Waals surface area contributed by atoms with Crippen LogP contribution in [0.25, 0.3) is 11.1 Å². The summed E-state index contributed by atoms with van der Waals surface area (Å²) >= 11 is 23.6. The Hall–Kier alpha value is -0.600. The van der Waals surface area contributed by atoms with E-state index in [0.717, 1.165) is 11.1 Å². The standard InChI is InChI=1S/C12H6Cl4O/c13-7-1-2-8(9(14)5-7)6-3-10(15)12(17)11(16)4-6/h1-5,17H. The highest BCUT2D eigenvalue weighted by molar-refractivity contribution is 6.38. The zero-order valence-electron chi connectivity index (χ0n) is 8.35. The Kier molecular flexibility index (Phi) is 3.74. The van der Waals surface area contributed by atoms with E-state index in [4.69, 9.17) is 46.4 Å². The lowest BCUT2D eigenvalue weighted by molar-refractivity contribution is 0.476. The third-order valence-corrected chi connectivity index (χ3v) is 3.38. The average molecular weight is 308 g/mol. The molecule has 0 unspecified atom stereocenters. The van der Waals surface area contributed by atoms with Gasteiger partial charge < -0.3 is 5.11 Å². The van der Waals surface area contributed by atoms with Crippen molar-refractivity contribution in [1.82, 2.24) is 0 Å². The molecule has 5 heteroatoms. The summed E-state index contributed by atoms with van der Waals surface area (Å²) in [5, 5.41) is 10.9. The van der Waals surface area contributed by atoms with Crippen molar-refractivity contribution in [2.45, 2.75) is 0 Å². The fourth-order valence-corrected chi connectivity index (χ4v) is 2.45. The van der Waals surface area contributed by atoms with Crippen LogP contribution in [0.5, 0.6) is 5.75 Å². The predicted octanol–water partition coefficient (Wildman–Crippen LogP) is 5.67. The number of phenols is 1. The van der Waals surface area contributed by atoms with E-state index in [-0.39, 0.29) is 15.8 Å². The van der Waals surface area contributed by atoms with Gasteiger partial charge in [0.05, 0.1) is 10.0 Å². The van der Waals surface area contributed by atoms with E-state index in [2.05, 4.69) is 0 Å². The molecule has 0 aromatic heterocycles. The van der Waals surface area contributed by atoms with Crippen molar-refractivity contribution in [3.05, 3.63) is 50.4 Å². The molecule has 0 amide bonds. The van der Waals surface area contributed by atoms with Gasteiger partial charge >= 0.3 is 0 Å². The topological polar surface area (TPSA) is 20.2 Å². The summed E-state index contributed by atoms with van der Waals surface area (Å²) in [4.78, 5) is 0. The summed E-state index contributed by atoms with van der Waals surface area (Å²) in [6.45, 7) is 0. The number of halogens is 4. The van der Waals surface area contributed by atoms with E-state index in [0.29, 0.717) is 10.0 Å². The monoisotopic (exact) mass is 306 g/mol. The van der Waals surface area contributed by atoms with Gasteiger partial charge in [-0.1, -0.05) is 52.5 Å². The van der Waals surface area contributed by atoms with Gasteiger partial charge in [0.2, 0.25) is 0 Å². The second-order valence-corrected chi connectivity index (χ2v) is 5.07. The van der Waals surface area contributed by atoms with Crippen molar-refractivity contribution >= 4 is 46.4 Å². The largest absolute Gasteiger partial charge is 0.505 e. The van der Waals surface area contributed by atoms with Gasteiger partial charge in [-0.2, -0.15) is 0 Å². The first-order valence-electron chi connectivity index (χ1n) is 4.62.